The molecule has 0 spiro atoms. The van der Waals surface area contributed by atoms with E-state index in [0.717, 1.165) is 31.4 Å². The van der Waals surface area contributed by atoms with Gasteiger partial charge >= 0.3 is 0 Å². The molecule has 0 bridgehead atoms. The molecule has 6 nitrogen and oxygen atoms in total. The number of hydrogen-bond donors (Lipinski definition) is 0. The van der Waals surface area contributed by atoms with Gasteiger partial charge < -0.3 is 14.5 Å². The van der Waals surface area contributed by atoms with Gasteiger partial charge in [0.15, 0.2) is 5.78 Å². The van der Waals surface area contributed by atoms with Crippen LogP contribution in [0.1, 0.15) is 42.5 Å². The lowest BCUT2D eigenvalue weighted by Gasteiger charge is -2.34. The van der Waals surface area contributed by atoms with Crippen LogP contribution < -0.4 is 4.74 Å². The Hall–Kier alpha value is -3.15. The Kier molecular flexibility index (Phi) is 6.65. The second-order valence-corrected chi connectivity index (χ2v) is 8.26. The second kappa shape index (κ2) is 9.77. The van der Waals surface area contributed by atoms with Crippen molar-refractivity contribution in [2.24, 2.45) is 5.92 Å². The standard InChI is InChI=1S/C25H28N2O4/c28-23-10-4-5-15-27(23)18-24(29)26-16-6-7-20(17-26)25(30)19-11-13-22(14-12-19)31-21-8-2-1-3-9-21/h1-3,8-9,11-14,20H,4-7,10,15-18H2/t20-/m1/s1. The fourth-order valence-corrected chi connectivity index (χ4v) is 4.26. The zero-order valence-electron chi connectivity index (χ0n) is 17.7. The fraction of sp³-hybridized carbons (Fsp3) is 0.400. The molecule has 31 heavy (non-hydrogen) atoms. The Bertz CT molecular complexity index is 926. The van der Waals surface area contributed by atoms with Crippen LogP contribution in [-0.4, -0.2) is 53.6 Å². The molecule has 1 atom stereocenters. The van der Waals surface area contributed by atoms with Gasteiger partial charge in [-0.05, 0) is 62.1 Å². The van der Waals surface area contributed by atoms with Crippen molar-refractivity contribution in [1.29, 1.82) is 0 Å². The Balaban J connectivity index is 1.34. The van der Waals surface area contributed by atoms with E-state index in [4.69, 9.17) is 4.74 Å². The van der Waals surface area contributed by atoms with Crippen molar-refractivity contribution in [3.05, 3.63) is 60.2 Å². The maximum Gasteiger partial charge on any atom is 0.242 e. The summed E-state index contributed by atoms with van der Waals surface area (Å²) in [6.45, 7) is 1.85. The summed E-state index contributed by atoms with van der Waals surface area (Å²) in [5.41, 5.74) is 0.630. The second-order valence-electron chi connectivity index (χ2n) is 8.26. The summed E-state index contributed by atoms with van der Waals surface area (Å²) in [7, 11) is 0. The first kappa shape index (κ1) is 21.1. The van der Waals surface area contributed by atoms with Crippen molar-refractivity contribution in [3.63, 3.8) is 0 Å². The number of ether oxygens (including phenoxy) is 1. The van der Waals surface area contributed by atoms with Crippen molar-refractivity contribution in [2.75, 3.05) is 26.2 Å². The van der Waals surface area contributed by atoms with Crippen molar-refractivity contribution in [3.8, 4) is 11.5 Å². The first-order chi connectivity index (χ1) is 15.1. The molecular weight excluding hydrogens is 392 g/mol. The van der Waals surface area contributed by atoms with E-state index in [-0.39, 0.29) is 30.1 Å². The molecule has 0 N–H and O–H groups in total. The minimum atomic E-state index is -0.212. The predicted molar refractivity (Wildman–Crippen MR) is 117 cm³/mol. The number of carbonyl (C=O) groups is 3. The third kappa shape index (κ3) is 5.32. The summed E-state index contributed by atoms with van der Waals surface area (Å²) in [5, 5.41) is 0. The number of benzene rings is 2. The van der Waals surface area contributed by atoms with Crippen molar-refractivity contribution in [1.82, 2.24) is 9.80 Å². The highest BCUT2D eigenvalue weighted by Gasteiger charge is 2.30. The number of carbonyl (C=O) groups excluding carboxylic acids is 3. The number of likely N-dealkylation sites (tertiary alicyclic amines) is 2. The molecule has 0 radical (unpaired) electrons. The summed E-state index contributed by atoms with van der Waals surface area (Å²) < 4.78 is 5.79. The smallest absolute Gasteiger partial charge is 0.242 e. The van der Waals surface area contributed by atoms with Gasteiger partial charge in [0.2, 0.25) is 11.8 Å². The van der Waals surface area contributed by atoms with Gasteiger partial charge in [-0.15, -0.1) is 0 Å². The molecule has 2 heterocycles. The Morgan fingerprint density at radius 1 is 0.903 bits per heavy atom. The normalized spacial score (nSPS) is 19.2. The van der Waals surface area contributed by atoms with E-state index in [1.165, 1.54) is 0 Å². The highest BCUT2D eigenvalue weighted by molar-refractivity contribution is 5.98. The average molecular weight is 421 g/mol. The third-order valence-corrected chi connectivity index (χ3v) is 6.01. The molecule has 2 aliphatic rings. The van der Waals surface area contributed by atoms with E-state index >= 15 is 0 Å². The summed E-state index contributed by atoms with van der Waals surface area (Å²) in [5.74, 6) is 1.26. The quantitative estimate of drug-likeness (QED) is 0.665. The monoisotopic (exact) mass is 420 g/mol. The maximum atomic E-state index is 13.0. The van der Waals surface area contributed by atoms with Crippen LogP contribution in [0.2, 0.25) is 0 Å². The molecule has 6 heteroatoms. The predicted octanol–water partition coefficient (Wildman–Crippen LogP) is 3.91. The van der Waals surface area contributed by atoms with Crippen LogP contribution in [0.4, 0.5) is 0 Å². The van der Waals surface area contributed by atoms with Crippen LogP contribution in [0, 0.1) is 5.92 Å². The van der Waals surface area contributed by atoms with Gasteiger partial charge in [0.1, 0.15) is 11.5 Å². The zero-order chi connectivity index (χ0) is 21.6. The van der Waals surface area contributed by atoms with Gasteiger partial charge in [-0.1, -0.05) is 18.2 Å². The molecule has 2 aliphatic heterocycles. The number of amides is 2. The average Bonchev–Trinajstić information content (AvgIpc) is 2.81. The Morgan fingerprint density at radius 3 is 2.39 bits per heavy atom. The largest absolute Gasteiger partial charge is 0.457 e. The van der Waals surface area contributed by atoms with Gasteiger partial charge in [0.25, 0.3) is 0 Å². The minimum Gasteiger partial charge on any atom is -0.457 e. The number of rotatable bonds is 6. The number of nitrogens with zero attached hydrogens (tertiary/aromatic N) is 2. The van der Waals surface area contributed by atoms with Crippen molar-refractivity contribution in [2.45, 2.75) is 32.1 Å². The van der Waals surface area contributed by atoms with E-state index < -0.39 is 0 Å². The first-order valence-corrected chi connectivity index (χ1v) is 11.0. The van der Waals surface area contributed by atoms with Gasteiger partial charge in [0.05, 0.1) is 6.54 Å². The molecular formula is C25H28N2O4. The lowest BCUT2D eigenvalue weighted by molar-refractivity contribution is -0.142. The molecule has 0 aromatic heterocycles. The summed E-state index contributed by atoms with van der Waals surface area (Å²) in [6.07, 6.45) is 3.94. The molecule has 2 fully saturated rings. The summed E-state index contributed by atoms with van der Waals surface area (Å²) in [6, 6.07) is 16.7. The Morgan fingerprint density at radius 2 is 1.65 bits per heavy atom. The molecule has 2 saturated heterocycles. The molecule has 2 aromatic carbocycles. The van der Waals surface area contributed by atoms with Gasteiger partial charge in [-0.25, -0.2) is 0 Å². The van der Waals surface area contributed by atoms with E-state index in [1.54, 1.807) is 34.1 Å². The first-order valence-electron chi connectivity index (χ1n) is 11.0. The lowest BCUT2D eigenvalue weighted by Crippen LogP contribution is -2.48. The Labute approximate surface area is 182 Å². The van der Waals surface area contributed by atoms with E-state index in [1.807, 2.05) is 30.3 Å². The van der Waals surface area contributed by atoms with Gasteiger partial charge in [0, 0.05) is 37.5 Å². The number of hydrogen-bond acceptors (Lipinski definition) is 4. The van der Waals surface area contributed by atoms with Gasteiger partial charge in [-0.2, -0.15) is 0 Å². The molecule has 2 amide bonds. The number of piperidine rings is 2. The minimum absolute atomic E-state index is 0.0535. The summed E-state index contributed by atoms with van der Waals surface area (Å²) in [4.78, 5) is 41.2. The SMILES string of the molecule is O=C(c1ccc(Oc2ccccc2)cc1)[C@@H]1CCCN(C(=O)CN2CCCCC2=O)C1. The van der Waals surface area contributed by atoms with Crippen LogP contribution in [0.15, 0.2) is 54.6 Å². The molecule has 4 rings (SSSR count). The van der Waals surface area contributed by atoms with Crippen LogP contribution in [0.5, 0.6) is 11.5 Å². The number of para-hydroxylation sites is 1. The van der Waals surface area contributed by atoms with Crippen LogP contribution >= 0.6 is 0 Å². The van der Waals surface area contributed by atoms with Crippen molar-refractivity contribution >= 4 is 17.6 Å². The molecule has 162 valence electrons. The zero-order valence-corrected chi connectivity index (χ0v) is 17.7. The molecule has 0 unspecified atom stereocenters. The molecule has 2 aromatic rings. The number of Topliss-reactive ketones (excluding diaryl/α,β-unsaturated/α-hetero) is 1. The van der Waals surface area contributed by atoms with Gasteiger partial charge in [-0.3, -0.25) is 14.4 Å². The van der Waals surface area contributed by atoms with Crippen LogP contribution in [-0.2, 0) is 9.59 Å². The number of ketones is 1. The van der Waals surface area contributed by atoms with E-state index in [0.29, 0.717) is 37.4 Å². The van der Waals surface area contributed by atoms with Crippen LogP contribution in [0.25, 0.3) is 0 Å². The molecule has 0 aliphatic carbocycles. The highest BCUT2D eigenvalue weighted by atomic mass is 16.5. The highest BCUT2D eigenvalue weighted by Crippen LogP contribution is 2.25. The van der Waals surface area contributed by atoms with Crippen molar-refractivity contribution < 1.29 is 19.1 Å². The lowest BCUT2D eigenvalue weighted by atomic mass is 9.90. The topological polar surface area (TPSA) is 66.9 Å². The fourth-order valence-electron chi connectivity index (χ4n) is 4.26. The summed E-state index contributed by atoms with van der Waals surface area (Å²) >= 11 is 0. The third-order valence-electron chi connectivity index (χ3n) is 6.01. The molecule has 0 saturated carbocycles. The van der Waals surface area contributed by atoms with E-state index in [9.17, 15) is 14.4 Å². The maximum absolute atomic E-state index is 13.0. The van der Waals surface area contributed by atoms with Crippen LogP contribution in [0.3, 0.4) is 0 Å². The van der Waals surface area contributed by atoms with E-state index in [2.05, 4.69) is 0 Å².